The zero-order valence-electron chi connectivity index (χ0n) is 12.8. The molecule has 0 amide bonds. The Morgan fingerprint density at radius 2 is 2.15 bits per heavy atom. The van der Waals surface area contributed by atoms with Crippen molar-refractivity contribution >= 4 is 0 Å². The Balaban J connectivity index is 1.98. The van der Waals surface area contributed by atoms with Crippen LogP contribution in [0.3, 0.4) is 0 Å². The number of likely N-dealkylation sites (tertiary alicyclic amines) is 1. The molecule has 4 nitrogen and oxygen atoms in total. The minimum absolute atomic E-state index is 0.102. The molecule has 1 heterocycles. The van der Waals surface area contributed by atoms with E-state index in [9.17, 15) is 0 Å². The van der Waals surface area contributed by atoms with Crippen LogP contribution >= 0.6 is 0 Å². The van der Waals surface area contributed by atoms with E-state index in [4.69, 9.17) is 15.2 Å². The Morgan fingerprint density at radius 3 is 2.75 bits per heavy atom. The van der Waals surface area contributed by atoms with Gasteiger partial charge < -0.3 is 20.1 Å². The summed E-state index contributed by atoms with van der Waals surface area (Å²) in [4.78, 5) is 2.42. The summed E-state index contributed by atoms with van der Waals surface area (Å²) in [6.45, 7) is 3.88. The molecule has 0 radical (unpaired) electrons. The van der Waals surface area contributed by atoms with Crippen molar-refractivity contribution in [2.75, 3.05) is 27.3 Å². The molecule has 1 aliphatic rings. The Kier molecular flexibility index (Phi) is 5.26. The number of methoxy groups -OCH3 is 1. The van der Waals surface area contributed by atoms with Gasteiger partial charge in [0.25, 0.3) is 0 Å². The van der Waals surface area contributed by atoms with E-state index in [0.29, 0.717) is 6.04 Å². The molecule has 2 N–H and O–H groups in total. The van der Waals surface area contributed by atoms with Gasteiger partial charge in [0.2, 0.25) is 0 Å². The molecule has 1 aliphatic heterocycles. The van der Waals surface area contributed by atoms with Crippen molar-refractivity contribution in [3.63, 3.8) is 0 Å². The van der Waals surface area contributed by atoms with Crippen molar-refractivity contribution in [2.45, 2.75) is 38.3 Å². The first-order chi connectivity index (χ1) is 9.63. The van der Waals surface area contributed by atoms with Crippen LogP contribution in [-0.4, -0.2) is 38.3 Å². The van der Waals surface area contributed by atoms with Gasteiger partial charge in [-0.3, -0.25) is 0 Å². The zero-order chi connectivity index (χ0) is 14.5. The zero-order valence-corrected chi connectivity index (χ0v) is 12.8. The van der Waals surface area contributed by atoms with Gasteiger partial charge in [0.15, 0.2) is 0 Å². The lowest BCUT2D eigenvalue weighted by atomic mass is 10.1. The number of rotatable bonds is 6. The van der Waals surface area contributed by atoms with E-state index in [0.717, 1.165) is 30.1 Å². The minimum atomic E-state index is -0.102. The molecule has 1 saturated heterocycles. The van der Waals surface area contributed by atoms with Gasteiger partial charge in [-0.1, -0.05) is 6.07 Å². The SMILES string of the molecule is COc1cccc(OCCC2CCCN2C)c1[C@@H](C)N. The van der Waals surface area contributed by atoms with E-state index < -0.39 is 0 Å². The molecule has 0 aliphatic carbocycles. The third kappa shape index (κ3) is 3.44. The first-order valence-corrected chi connectivity index (χ1v) is 7.39. The summed E-state index contributed by atoms with van der Waals surface area (Å²) in [6.07, 6.45) is 3.63. The summed E-state index contributed by atoms with van der Waals surface area (Å²) >= 11 is 0. The molecule has 1 unspecified atom stereocenters. The van der Waals surface area contributed by atoms with E-state index in [1.54, 1.807) is 7.11 Å². The van der Waals surface area contributed by atoms with Gasteiger partial charge in [0, 0.05) is 12.1 Å². The second-order valence-corrected chi connectivity index (χ2v) is 5.57. The van der Waals surface area contributed by atoms with Crippen LogP contribution in [0.25, 0.3) is 0 Å². The summed E-state index contributed by atoms with van der Waals surface area (Å²) in [5, 5.41) is 0. The predicted octanol–water partition coefficient (Wildman–Crippen LogP) is 2.58. The lowest BCUT2D eigenvalue weighted by Crippen LogP contribution is -2.26. The minimum Gasteiger partial charge on any atom is -0.496 e. The molecule has 1 fully saturated rings. The number of ether oxygens (including phenoxy) is 2. The summed E-state index contributed by atoms with van der Waals surface area (Å²) < 4.78 is 11.3. The van der Waals surface area contributed by atoms with Crippen LogP contribution in [-0.2, 0) is 0 Å². The van der Waals surface area contributed by atoms with Crippen LogP contribution < -0.4 is 15.2 Å². The smallest absolute Gasteiger partial charge is 0.127 e. The second kappa shape index (κ2) is 6.95. The Labute approximate surface area is 121 Å². The number of hydrogen-bond acceptors (Lipinski definition) is 4. The molecule has 0 aromatic heterocycles. The normalized spacial score (nSPS) is 20.9. The van der Waals surface area contributed by atoms with Gasteiger partial charge >= 0.3 is 0 Å². The highest BCUT2D eigenvalue weighted by atomic mass is 16.5. The first kappa shape index (κ1) is 15.1. The topological polar surface area (TPSA) is 47.7 Å². The third-order valence-electron chi connectivity index (χ3n) is 4.08. The second-order valence-electron chi connectivity index (χ2n) is 5.57. The van der Waals surface area contributed by atoms with Crippen molar-refractivity contribution in [3.8, 4) is 11.5 Å². The Morgan fingerprint density at radius 1 is 1.40 bits per heavy atom. The van der Waals surface area contributed by atoms with Crippen LogP contribution in [0.4, 0.5) is 0 Å². The summed E-state index contributed by atoms with van der Waals surface area (Å²) in [7, 11) is 3.86. The number of benzene rings is 1. The quantitative estimate of drug-likeness (QED) is 0.869. The van der Waals surface area contributed by atoms with E-state index >= 15 is 0 Å². The lowest BCUT2D eigenvalue weighted by molar-refractivity contribution is 0.231. The molecule has 2 rings (SSSR count). The molecule has 1 aromatic rings. The van der Waals surface area contributed by atoms with E-state index in [2.05, 4.69) is 11.9 Å². The summed E-state index contributed by atoms with van der Waals surface area (Å²) in [6, 6.07) is 6.40. The maximum atomic E-state index is 6.04. The lowest BCUT2D eigenvalue weighted by Gasteiger charge is -2.21. The van der Waals surface area contributed by atoms with Crippen molar-refractivity contribution in [3.05, 3.63) is 23.8 Å². The van der Waals surface area contributed by atoms with Crippen molar-refractivity contribution < 1.29 is 9.47 Å². The number of nitrogens with two attached hydrogens (primary N) is 1. The molecule has 1 aromatic carbocycles. The molecule has 0 bridgehead atoms. The molecule has 0 saturated carbocycles. The van der Waals surface area contributed by atoms with E-state index in [-0.39, 0.29) is 6.04 Å². The van der Waals surface area contributed by atoms with Gasteiger partial charge in [-0.05, 0) is 51.9 Å². The van der Waals surface area contributed by atoms with Gasteiger partial charge in [0.05, 0.1) is 19.3 Å². The maximum absolute atomic E-state index is 6.04. The van der Waals surface area contributed by atoms with Crippen LogP contribution in [0, 0.1) is 0 Å². The average Bonchev–Trinajstić information content (AvgIpc) is 2.84. The summed E-state index contributed by atoms with van der Waals surface area (Å²) in [5.74, 6) is 1.65. The van der Waals surface area contributed by atoms with Crippen LogP contribution in [0.1, 0.15) is 37.8 Å². The summed E-state index contributed by atoms with van der Waals surface area (Å²) in [5.41, 5.74) is 6.99. The van der Waals surface area contributed by atoms with Crippen LogP contribution in [0.15, 0.2) is 18.2 Å². The Hall–Kier alpha value is -1.26. The van der Waals surface area contributed by atoms with Gasteiger partial charge in [-0.15, -0.1) is 0 Å². The van der Waals surface area contributed by atoms with Crippen molar-refractivity contribution in [1.82, 2.24) is 4.90 Å². The van der Waals surface area contributed by atoms with E-state index in [1.165, 1.54) is 19.4 Å². The highest BCUT2D eigenvalue weighted by Crippen LogP contribution is 2.33. The largest absolute Gasteiger partial charge is 0.496 e. The molecular formula is C16H26N2O2. The molecular weight excluding hydrogens is 252 g/mol. The van der Waals surface area contributed by atoms with Crippen molar-refractivity contribution in [1.29, 1.82) is 0 Å². The fourth-order valence-electron chi connectivity index (χ4n) is 2.93. The maximum Gasteiger partial charge on any atom is 0.127 e. The monoisotopic (exact) mass is 278 g/mol. The van der Waals surface area contributed by atoms with Crippen LogP contribution in [0.5, 0.6) is 11.5 Å². The fraction of sp³-hybridized carbons (Fsp3) is 0.625. The van der Waals surface area contributed by atoms with Gasteiger partial charge in [-0.2, -0.15) is 0 Å². The molecule has 20 heavy (non-hydrogen) atoms. The number of hydrogen-bond donors (Lipinski definition) is 1. The third-order valence-corrected chi connectivity index (χ3v) is 4.08. The molecule has 0 spiro atoms. The predicted molar refractivity (Wildman–Crippen MR) is 81.4 cm³/mol. The molecule has 2 atom stereocenters. The molecule has 4 heteroatoms. The highest BCUT2D eigenvalue weighted by molar-refractivity contribution is 5.46. The van der Waals surface area contributed by atoms with E-state index in [1.807, 2.05) is 25.1 Å². The highest BCUT2D eigenvalue weighted by Gasteiger charge is 2.21. The van der Waals surface area contributed by atoms with Crippen LogP contribution in [0.2, 0.25) is 0 Å². The van der Waals surface area contributed by atoms with Gasteiger partial charge in [-0.25, -0.2) is 0 Å². The van der Waals surface area contributed by atoms with Gasteiger partial charge in [0.1, 0.15) is 11.5 Å². The average molecular weight is 278 g/mol. The standard InChI is InChI=1S/C16H26N2O2/c1-12(17)16-14(19-3)7-4-8-15(16)20-11-9-13-6-5-10-18(13)2/h4,7-8,12-13H,5-6,9-11,17H2,1-3H3/t12-,13?/m1/s1. The number of nitrogens with zero attached hydrogens (tertiary/aromatic N) is 1. The van der Waals surface area contributed by atoms with Crippen molar-refractivity contribution in [2.24, 2.45) is 5.73 Å². The molecule has 112 valence electrons. The fourth-order valence-corrected chi connectivity index (χ4v) is 2.93. The first-order valence-electron chi connectivity index (χ1n) is 7.39. The Bertz CT molecular complexity index is 434.